The Balaban J connectivity index is 2.60. The Hall–Kier alpha value is -1.73. The summed E-state index contributed by atoms with van der Waals surface area (Å²) < 4.78 is 5.30. The van der Waals surface area contributed by atoms with E-state index >= 15 is 0 Å². The highest BCUT2D eigenvalue weighted by molar-refractivity contribution is 6.32. The van der Waals surface area contributed by atoms with Crippen molar-refractivity contribution in [3.63, 3.8) is 0 Å². The molecule has 0 aliphatic rings. The topological polar surface area (TPSA) is 94.4 Å². The van der Waals surface area contributed by atoms with Crippen molar-refractivity contribution in [2.24, 2.45) is 5.92 Å². The number of carbonyl (C=O) groups is 1. The third-order valence-electron chi connectivity index (χ3n) is 2.29. The fourth-order valence-electron chi connectivity index (χ4n) is 1.44. The van der Waals surface area contributed by atoms with Gasteiger partial charge in [-0.25, -0.2) is 4.98 Å². The zero-order chi connectivity index (χ0) is 15.1. The Morgan fingerprint density at radius 2 is 2.30 bits per heavy atom. The van der Waals surface area contributed by atoms with Crippen molar-refractivity contribution in [3.8, 4) is 0 Å². The molecule has 0 saturated carbocycles. The number of halogens is 1. The van der Waals surface area contributed by atoms with Crippen molar-refractivity contribution in [3.05, 3.63) is 33.1 Å². The minimum atomic E-state index is -0.723. The standard InChI is InChI=1S/C12H16ClN3O4/c1-8(2)7-20-6-5-15-12(17)9-3-4-14-11(13)10(9)16(18)19/h3-4,8H,5-7H2,1-2H3,(H,15,17). The maximum absolute atomic E-state index is 11.9. The summed E-state index contributed by atoms with van der Waals surface area (Å²) in [6, 6.07) is 1.26. The van der Waals surface area contributed by atoms with Gasteiger partial charge in [0, 0.05) is 19.3 Å². The van der Waals surface area contributed by atoms with E-state index in [1.165, 1.54) is 12.3 Å². The van der Waals surface area contributed by atoms with Gasteiger partial charge in [-0.3, -0.25) is 14.9 Å². The van der Waals surface area contributed by atoms with E-state index in [1.54, 1.807) is 0 Å². The van der Waals surface area contributed by atoms with Crippen LogP contribution in [-0.4, -0.2) is 35.6 Å². The number of hydrogen-bond acceptors (Lipinski definition) is 5. The highest BCUT2D eigenvalue weighted by Crippen LogP contribution is 2.25. The number of pyridine rings is 1. The molecule has 1 heterocycles. The average molecular weight is 302 g/mol. The lowest BCUT2D eigenvalue weighted by molar-refractivity contribution is -0.385. The number of hydrogen-bond donors (Lipinski definition) is 1. The largest absolute Gasteiger partial charge is 0.379 e. The molecule has 20 heavy (non-hydrogen) atoms. The second-order valence-corrected chi connectivity index (χ2v) is 4.84. The zero-order valence-corrected chi connectivity index (χ0v) is 12.0. The van der Waals surface area contributed by atoms with Crippen LogP contribution in [0.3, 0.4) is 0 Å². The van der Waals surface area contributed by atoms with Gasteiger partial charge < -0.3 is 10.1 Å². The van der Waals surface area contributed by atoms with Gasteiger partial charge in [0.2, 0.25) is 5.15 Å². The molecule has 0 saturated heterocycles. The van der Waals surface area contributed by atoms with Crippen molar-refractivity contribution in [1.29, 1.82) is 0 Å². The van der Waals surface area contributed by atoms with Crippen molar-refractivity contribution >= 4 is 23.2 Å². The fourth-order valence-corrected chi connectivity index (χ4v) is 1.66. The van der Waals surface area contributed by atoms with Gasteiger partial charge in [-0.05, 0) is 12.0 Å². The molecule has 1 N–H and O–H groups in total. The number of aromatic nitrogens is 1. The van der Waals surface area contributed by atoms with Gasteiger partial charge in [0.15, 0.2) is 0 Å². The molecule has 0 spiro atoms. The first kappa shape index (κ1) is 16.3. The molecule has 0 aliphatic carbocycles. The van der Waals surface area contributed by atoms with E-state index in [1.807, 2.05) is 13.8 Å². The van der Waals surface area contributed by atoms with Crippen LogP contribution in [0.2, 0.25) is 5.15 Å². The Bertz CT molecular complexity index is 494. The number of carbonyl (C=O) groups excluding carboxylic acids is 1. The van der Waals surface area contributed by atoms with Crippen LogP contribution in [0, 0.1) is 16.0 Å². The molecule has 1 aromatic rings. The number of nitrogens with one attached hydrogen (secondary N) is 1. The maximum atomic E-state index is 11.9. The van der Waals surface area contributed by atoms with Crippen molar-refractivity contribution in [2.75, 3.05) is 19.8 Å². The lowest BCUT2D eigenvalue weighted by atomic mass is 10.2. The number of rotatable bonds is 7. The van der Waals surface area contributed by atoms with Gasteiger partial charge in [0.1, 0.15) is 5.56 Å². The molecule has 8 heteroatoms. The normalized spacial score (nSPS) is 10.6. The van der Waals surface area contributed by atoms with Gasteiger partial charge in [-0.2, -0.15) is 0 Å². The fraction of sp³-hybridized carbons (Fsp3) is 0.500. The summed E-state index contributed by atoms with van der Waals surface area (Å²) in [4.78, 5) is 25.6. The smallest absolute Gasteiger partial charge is 0.319 e. The molecule has 1 rings (SSSR count). The van der Waals surface area contributed by atoms with Crippen LogP contribution in [0.25, 0.3) is 0 Å². The van der Waals surface area contributed by atoms with E-state index in [-0.39, 0.29) is 17.3 Å². The van der Waals surface area contributed by atoms with Crippen LogP contribution in [0.4, 0.5) is 5.69 Å². The van der Waals surface area contributed by atoms with Crippen molar-refractivity contribution in [2.45, 2.75) is 13.8 Å². The first-order valence-electron chi connectivity index (χ1n) is 6.08. The van der Waals surface area contributed by atoms with Crippen molar-refractivity contribution < 1.29 is 14.5 Å². The number of nitrogens with zero attached hydrogens (tertiary/aromatic N) is 2. The van der Waals surface area contributed by atoms with E-state index in [4.69, 9.17) is 16.3 Å². The van der Waals surface area contributed by atoms with E-state index in [0.717, 1.165) is 0 Å². The quantitative estimate of drug-likeness (QED) is 0.360. The summed E-state index contributed by atoms with van der Waals surface area (Å²) in [5.41, 5.74) is -0.603. The summed E-state index contributed by atoms with van der Waals surface area (Å²) in [5.74, 6) is -0.167. The van der Waals surface area contributed by atoms with Gasteiger partial charge in [-0.1, -0.05) is 25.4 Å². The number of nitro groups is 1. The molecule has 1 amide bonds. The van der Waals surface area contributed by atoms with Crippen LogP contribution in [0.5, 0.6) is 0 Å². The zero-order valence-electron chi connectivity index (χ0n) is 11.3. The van der Waals surface area contributed by atoms with Gasteiger partial charge >= 0.3 is 5.69 Å². The summed E-state index contributed by atoms with van der Waals surface area (Å²) in [6.45, 7) is 5.23. The van der Waals surface area contributed by atoms with E-state index < -0.39 is 16.5 Å². The second-order valence-electron chi connectivity index (χ2n) is 4.48. The lowest BCUT2D eigenvalue weighted by Gasteiger charge is -2.08. The highest BCUT2D eigenvalue weighted by atomic mass is 35.5. The van der Waals surface area contributed by atoms with Gasteiger partial charge in [0.25, 0.3) is 5.91 Å². The molecule has 0 unspecified atom stereocenters. The third-order valence-corrected chi connectivity index (χ3v) is 2.57. The summed E-state index contributed by atoms with van der Waals surface area (Å²) in [6.07, 6.45) is 1.25. The molecule has 0 atom stereocenters. The summed E-state index contributed by atoms with van der Waals surface area (Å²) >= 11 is 5.63. The number of amides is 1. The average Bonchev–Trinajstić information content (AvgIpc) is 2.36. The first-order chi connectivity index (χ1) is 9.43. The Labute approximate surface area is 121 Å². The van der Waals surface area contributed by atoms with Crippen molar-refractivity contribution in [1.82, 2.24) is 10.3 Å². The Kier molecular flexibility index (Phi) is 6.33. The summed E-state index contributed by atoms with van der Waals surface area (Å²) in [7, 11) is 0. The molecule has 0 bridgehead atoms. The second kappa shape index (κ2) is 7.76. The van der Waals surface area contributed by atoms with Crippen LogP contribution in [0.1, 0.15) is 24.2 Å². The molecule has 1 aromatic heterocycles. The van der Waals surface area contributed by atoms with E-state index in [0.29, 0.717) is 19.1 Å². The van der Waals surface area contributed by atoms with E-state index in [9.17, 15) is 14.9 Å². The predicted octanol–water partition coefficient (Wildman–Crippen LogP) is 2.05. The molecule has 0 aliphatic heterocycles. The maximum Gasteiger partial charge on any atom is 0.319 e. The first-order valence-corrected chi connectivity index (χ1v) is 6.46. The van der Waals surface area contributed by atoms with Crippen LogP contribution >= 0.6 is 11.6 Å². The Morgan fingerprint density at radius 3 is 2.90 bits per heavy atom. The Morgan fingerprint density at radius 1 is 1.60 bits per heavy atom. The van der Waals surface area contributed by atoms with E-state index in [2.05, 4.69) is 10.3 Å². The highest BCUT2D eigenvalue weighted by Gasteiger charge is 2.24. The molecule has 0 radical (unpaired) electrons. The predicted molar refractivity (Wildman–Crippen MR) is 73.9 cm³/mol. The van der Waals surface area contributed by atoms with Crippen LogP contribution in [-0.2, 0) is 4.74 Å². The minimum absolute atomic E-state index is 0.112. The molecular formula is C12H16ClN3O4. The lowest BCUT2D eigenvalue weighted by Crippen LogP contribution is -2.28. The number of ether oxygens (including phenoxy) is 1. The molecule has 110 valence electrons. The van der Waals surface area contributed by atoms with Crippen LogP contribution < -0.4 is 5.32 Å². The van der Waals surface area contributed by atoms with Gasteiger partial charge in [0.05, 0.1) is 11.5 Å². The molecule has 0 aromatic carbocycles. The summed E-state index contributed by atoms with van der Waals surface area (Å²) in [5, 5.41) is 13.1. The minimum Gasteiger partial charge on any atom is -0.379 e. The SMILES string of the molecule is CC(C)COCCNC(=O)c1ccnc(Cl)c1[N+](=O)[O-]. The molecular weight excluding hydrogens is 286 g/mol. The molecule has 7 nitrogen and oxygen atoms in total. The van der Waals surface area contributed by atoms with Crippen LogP contribution in [0.15, 0.2) is 12.3 Å². The monoisotopic (exact) mass is 301 g/mol. The molecule has 0 fully saturated rings. The van der Waals surface area contributed by atoms with Gasteiger partial charge in [-0.15, -0.1) is 0 Å². The third kappa shape index (κ3) is 4.75.